The highest BCUT2D eigenvalue weighted by Gasteiger charge is 2.14. The fraction of sp³-hybridized carbons (Fsp3) is 0.0588. The van der Waals surface area contributed by atoms with E-state index in [1.807, 2.05) is 0 Å². The number of rotatable bonds is 6. The van der Waals surface area contributed by atoms with Crippen molar-refractivity contribution in [1.29, 1.82) is 0 Å². The Kier molecular flexibility index (Phi) is 4.71. The van der Waals surface area contributed by atoms with E-state index in [1.54, 1.807) is 42.5 Å². The quantitative estimate of drug-likeness (QED) is 0.529. The smallest absolute Gasteiger partial charge is 0.355 e. The summed E-state index contributed by atoms with van der Waals surface area (Å²) in [4.78, 5) is 25.4. The first-order chi connectivity index (χ1) is 12.0. The van der Waals surface area contributed by atoms with E-state index >= 15 is 0 Å². The third-order valence-corrected chi connectivity index (χ3v) is 4.22. The van der Waals surface area contributed by atoms with E-state index in [-0.39, 0.29) is 18.0 Å². The second kappa shape index (κ2) is 7.10. The Morgan fingerprint density at radius 3 is 2.56 bits per heavy atom. The Hall–Kier alpha value is -3.26. The van der Waals surface area contributed by atoms with E-state index in [0.29, 0.717) is 21.9 Å². The van der Waals surface area contributed by atoms with Crippen LogP contribution in [-0.4, -0.2) is 21.0 Å². The number of aromatic nitrogens is 1. The maximum atomic E-state index is 11.1. The molecule has 3 aromatic rings. The van der Waals surface area contributed by atoms with Crippen LogP contribution in [0.1, 0.15) is 15.5 Å². The lowest BCUT2D eigenvalue weighted by molar-refractivity contribution is -0.384. The lowest BCUT2D eigenvalue weighted by atomic mass is 10.0. The summed E-state index contributed by atoms with van der Waals surface area (Å²) in [7, 11) is 0. The van der Waals surface area contributed by atoms with Crippen LogP contribution in [0.15, 0.2) is 53.9 Å². The van der Waals surface area contributed by atoms with Crippen LogP contribution in [0, 0.1) is 10.1 Å². The van der Waals surface area contributed by atoms with Crippen molar-refractivity contribution in [2.75, 3.05) is 0 Å². The number of benzene rings is 2. The van der Waals surface area contributed by atoms with Crippen LogP contribution in [0.2, 0.25) is 0 Å². The lowest BCUT2D eigenvalue weighted by Crippen LogP contribution is -1.99. The summed E-state index contributed by atoms with van der Waals surface area (Å²) < 4.78 is 5.57. The van der Waals surface area contributed by atoms with Gasteiger partial charge in [-0.15, -0.1) is 11.3 Å². The molecule has 0 aliphatic carbocycles. The van der Waals surface area contributed by atoms with Gasteiger partial charge in [-0.2, -0.15) is 0 Å². The number of carboxylic acid groups (broad SMARTS) is 1. The molecule has 0 aliphatic heterocycles. The molecule has 7 nitrogen and oxygen atoms in total. The monoisotopic (exact) mass is 356 g/mol. The van der Waals surface area contributed by atoms with Gasteiger partial charge in [-0.1, -0.05) is 24.3 Å². The van der Waals surface area contributed by atoms with Crippen molar-refractivity contribution in [3.63, 3.8) is 0 Å². The highest BCUT2D eigenvalue weighted by Crippen LogP contribution is 2.30. The van der Waals surface area contributed by atoms with E-state index in [0.717, 1.165) is 0 Å². The molecule has 0 radical (unpaired) electrons. The molecule has 1 heterocycles. The molecule has 0 fully saturated rings. The zero-order valence-corrected chi connectivity index (χ0v) is 13.6. The first-order valence-corrected chi connectivity index (χ1v) is 8.07. The first kappa shape index (κ1) is 16.6. The number of carboxylic acids is 1. The van der Waals surface area contributed by atoms with Gasteiger partial charge in [0, 0.05) is 11.4 Å². The highest BCUT2D eigenvalue weighted by molar-refractivity contribution is 7.09. The normalized spacial score (nSPS) is 10.4. The molecule has 1 N–H and O–H groups in total. The Balaban J connectivity index is 1.72. The molecule has 0 spiro atoms. The van der Waals surface area contributed by atoms with Crippen molar-refractivity contribution in [3.05, 3.63) is 74.7 Å². The molecule has 8 heteroatoms. The molecular weight excluding hydrogens is 344 g/mol. The molecule has 0 aliphatic rings. The second-order valence-corrected chi connectivity index (χ2v) is 5.96. The molecule has 0 atom stereocenters. The number of hydrogen-bond donors (Lipinski definition) is 1. The Morgan fingerprint density at radius 1 is 1.20 bits per heavy atom. The van der Waals surface area contributed by atoms with Gasteiger partial charge in [-0.05, 0) is 23.8 Å². The number of para-hydroxylation sites is 1. The van der Waals surface area contributed by atoms with E-state index in [1.165, 1.54) is 22.8 Å². The second-order valence-electron chi connectivity index (χ2n) is 5.02. The van der Waals surface area contributed by atoms with Crippen LogP contribution >= 0.6 is 11.3 Å². The van der Waals surface area contributed by atoms with Crippen LogP contribution in [0.3, 0.4) is 0 Å². The fourth-order valence-electron chi connectivity index (χ4n) is 2.23. The van der Waals surface area contributed by atoms with Crippen LogP contribution in [0.25, 0.3) is 11.1 Å². The van der Waals surface area contributed by atoms with Gasteiger partial charge < -0.3 is 9.84 Å². The zero-order chi connectivity index (χ0) is 17.8. The minimum atomic E-state index is -1.07. The number of hydrogen-bond acceptors (Lipinski definition) is 6. The number of thiazole rings is 1. The number of nitro benzene ring substituents is 1. The van der Waals surface area contributed by atoms with Gasteiger partial charge in [-0.3, -0.25) is 10.1 Å². The van der Waals surface area contributed by atoms with Crippen molar-refractivity contribution in [2.24, 2.45) is 0 Å². The van der Waals surface area contributed by atoms with Gasteiger partial charge in [0.2, 0.25) is 0 Å². The molecule has 126 valence electrons. The Morgan fingerprint density at radius 2 is 1.92 bits per heavy atom. The molecule has 0 bridgehead atoms. The van der Waals surface area contributed by atoms with E-state index in [9.17, 15) is 14.9 Å². The van der Waals surface area contributed by atoms with E-state index < -0.39 is 10.9 Å². The highest BCUT2D eigenvalue weighted by atomic mass is 32.1. The SMILES string of the molecule is O=C(O)c1csc(COc2ccc(-c3ccccc3[N+](=O)[O-])cc2)n1. The average molecular weight is 356 g/mol. The number of carbonyl (C=O) groups is 1. The van der Waals surface area contributed by atoms with Crippen molar-refractivity contribution in [2.45, 2.75) is 6.61 Å². The molecule has 0 amide bonds. The first-order valence-electron chi connectivity index (χ1n) is 7.19. The zero-order valence-electron chi connectivity index (χ0n) is 12.8. The van der Waals surface area contributed by atoms with Gasteiger partial charge >= 0.3 is 5.97 Å². The predicted molar refractivity (Wildman–Crippen MR) is 91.9 cm³/mol. The van der Waals surface area contributed by atoms with Gasteiger partial charge in [0.1, 0.15) is 17.4 Å². The molecule has 0 saturated carbocycles. The maximum absolute atomic E-state index is 11.1. The third kappa shape index (κ3) is 3.81. The average Bonchev–Trinajstić information content (AvgIpc) is 3.10. The summed E-state index contributed by atoms with van der Waals surface area (Å²) in [6, 6.07) is 13.4. The van der Waals surface area contributed by atoms with Crippen molar-refractivity contribution >= 4 is 23.0 Å². The number of nitro groups is 1. The summed E-state index contributed by atoms with van der Waals surface area (Å²) in [5.41, 5.74) is 1.28. The fourth-order valence-corrected chi connectivity index (χ4v) is 2.91. The van der Waals surface area contributed by atoms with Crippen LogP contribution < -0.4 is 4.74 Å². The van der Waals surface area contributed by atoms with Gasteiger partial charge in [0.15, 0.2) is 5.69 Å². The van der Waals surface area contributed by atoms with Crippen molar-refractivity contribution < 1.29 is 19.6 Å². The predicted octanol–water partition coefficient (Wildman–Crippen LogP) is 4.00. The summed E-state index contributed by atoms with van der Waals surface area (Å²) in [6.07, 6.45) is 0. The molecule has 2 aromatic carbocycles. The standard InChI is InChI=1S/C17H12N2O5S/c20-17(21)14-10-25-16(18-14)9-24-12-7-5-11(6-8-12)13-3-1-2-4-15(13)19(22)23/h1-8,10H,9H2,(H,20,21). The van der Waals surface area contributed by atoms with E-state index in [2.05, 4.69) is 4.98 Å². The van der Waals surface area contributed by atoms with Crippen LogP contribution in [0.5, 0.6) is 5.75 Å². The summed E-state index contributed by atoms with van der Waals surface area (Å²) in [6.45, 7) is 0.156. The molecule has 1 aromatic heterocycles. The molecule has 0 unspecified atom stereocenters. The summed E-state index contributed by atoms with van der Waals surface area (Å²) >= 11 is 1.21. The van der Waals surface area contributed by atoms with Crippen molar-refractivity contribution in [3.8, 4) is 16.9 Å². The number of nitrogens with zero attached hydrogens (tertiary/aromatic N) is 2. The lowest BCUT2D eigenvalue weighted by Gasteiger charge is -2.06. The minimum absolute atomic E-state index is 0.00432. The third-order valence-electron chi connectivity index (χ3n) is 3.40. The van der Waals surface area contributed by atoms with E-state index in [4.69, 9.17) is 9.84 Å². The van der Waals surface area contributed by atoms with Crippen LogP contribution in [-0.2, 0) is 6.61 Å². The van der Waals surface area contributed by atoms with Gasteiger partial charge in [0.25, 0.3) is 5.69 Å². The largest absolute Gasteiger partial charge is 0.486 e. The Bertz CT molecular complexity index is 921. The number of aromatic carboxylic acids is 1. The molecule has 0 saturated heterocycles. The van der Waals surface area contributed by atoms with Crippen molar-refractivity contribution in [1.82, 2.24) is 4.98 Å². The minimum Gasteiger partial charge on any atom is -0.486 e. The molecule has 3 rings (SSSR count). The molecular formula is C17H12N2O5S. The number of ether oxygens (including phenoxy) is 1. The Labute approximate surface area is 146 Å². The summed E-state index contributed by atoms with van der Waals surface area (Å²) in [5, 5.41) is 22.0. The van der Waals surface area contributed by atoms with Crippen LogP contribution in [0.4, 0.5) is 5.69 Å². The topological polar surface area (TPSA) is 103 Å². The summed E-state index contributed by atoms with van der Waals surface area (Å²) in [5.74, 6) is -0.509. The van der Waals surface area contributed by atoms with Gasteiger partial charge in [-0.25, -0.2) is 9.78 Å². The molecule has 25 heavy (non-hydrogen) atoms. The maximum Gasteiger partial charge on any atom is 0.355 e. The van der Waals surface area contributed by atoms with Gasteiger partial charge in [0.05, 0.1) is 10.5 Å².